The number of hydrogen-bond acceptors (Lipinski definition) is 4. The average molecular weight is 272 g/mol. The number of rotatable bonds is 6. The van der Waals surface area contributed by atoms with E-state index in [0.717, 1.165) is 17.7 Å². The van der Waals surface area contributed by atoms with Gasteiger partial charge in [0.15, 0.2) is 0 Å². The van der Waals surface area contributed by atoms with Gasteiger partial charge in [-0.1, -0.05) is 30.3 Å². The molecule has 19 heavy (non-hydrogen) atoms. The quantitative estimate of drug-likeness (QED) is 0.878. The maximum Gasteiger partial charge on any atom is 0.121 e. The Morgan fingerprint density at radius 3 is 2.68 bits per heavy atom. The van der Waals surface area contributed by atoms with E-state index >= 15 is 0 Å². The van der Waals surface area contributed by atoms with E-state index in [1.54, 1.807) is 18.4 Å². The zero-order valence-corrected chi connectivity index (χ0v) is 11.6. The third kappa shape index (κ3) is 3.90. The van der Waals surface area contributed by atoms with E-state index in [9.17, 15) is 5.26 Å². The number of benzene rings is 1. The Hall–Kier alpha value is -1.67. The molecule has 1 atom stereocenters. The van der Waals surface area contributed by atoms with Gasteiger partial charge in [-0.05, 0) is 22.6 Å². The van der Waals surface area contributed by atoms with Crippen molar-refractivity contribution >= 4 is 11.3 Å². The third-order valence-electron chi connectivity index (χ3n) is 2.81. The first-order chi connectivity index (χ1) is 9.33. The molecule has 1 unspecified atom stereocenters. The first-order valence-electron chi connectivity index (χ1n) is 6.06. The number of ether oxygens (including phenoxy) is 1. The SMILES string of the molecule is COCc1ccc(C(C#N)NCc2cccs2)cc1. The Morgan fingerprint density at radius 2 is 2.11 bits per heavy atom. The van der Waals surface area contributed by atoms with Gasteiger partial charge in [0.1, 0.15) is 6.04 Å². The minimum atomic E-state index is -0.279. The molecule has 4 heteroatoms. The highest BCUT2D eigenvalue weighted by molar-refractivity contribution is 7.09. The van der Waals surface area contributed by atoms with Crippen molar-refractivity contribution in [3.8, 4) is 6.07 Å². The number of thiophene rings is 1. The molecule has 0 aliphatic heterocycles. The molecule has 0 fully saturated rings. The first kappa shape index (κ1) is 13.8. The van der Waals surface area contributed by atoms with Gasteiger partial charge in [-0.25, -0.2) is 0 Å². The molecule has 0 spiro atoms. The fourth-order valence-electron chi connectivity index (χ4n) is 1.83. The van der Waals surface area contributed by atoms with Crippen molar-refractivity contribution in [2.75, 3.05) is 7.11 Å². The molecule has 1 aromatic heterocycles. The molecule has 0 radical (unpaired) electrons. The smallest absolute Gasteiger partial charge is 0.121 e. The van der Waals surface area contributed by atoms with Crippen LogP contribution in [0.3, 0.4) is 0 Å². The number of methoxy groups -OCH3 is 1. The fourth-order valence-corrected chi connectivity index (χ4v) is 2.48. The molecule has 1 N–H and O–H groups in total. The zero-order valence-electron chi connectivity index (χ0n) is 10.8. The van der Waals surface area contributed by atoms with Crippen molar-refractivity contribution in [3.05, 3.63) is 57.8 Å². The first-order valence-corrected chi connectivity index (χ1v) is 6.94. The summed E-state index contributed by atoms with van der Waals surface area (Å²) in [7, 11) is 1.68. The van der Waals surface area contributed by atoms with Crippen molar-refractivity contribution in [2.45, 2.75) is 19.2 Å². The molecule has 0 amide bonds. The molecule has 0 saturated carbocycles. The Labute approximate surface area is 117 Å². The van der Waals surface area contributed by atoms with E-state index in [1.807, 2.05) is 35.7 Å². The summed E-state index contributed by atoms with van der Waals surface area (Å²) in [5.74, 6) is 0. The van der Waals surface area contributed by atoms with Crippen LogP contribution in [0.2, 0.25) is 0 Å². The summed E-state index contributed by atoms with van der Waals surface area (Å²) in [6.45, 7) is 1.32. The minimum absolute atomic E-state index is 0.279. The second-order valence-corrected chi connectivity index (χ2v) is 5.23. The topological polar surface area (TPSA) is 45.0 Å². The molecule has 2 aromatic rings. The summed E-state index contributed by atoms with van der Waals surface area (Å²) >= 11 is 1.69. The Bertz CT molecular complexity index is 528. The van der Waals surface area contributed by atoms with Gasteiger partial charge in [-0.2, -0.15) is 5.26 Å². The van der Waals surface area contributed by atoms with Crippen LogP contribution >= 0.6 is 11.3 Å². The van der Waals surface area contributed by atoms with Crippen LogP contribution in [0, 0.1) is 11.3 Å². The van der Waals surface area contributed by atoms with Crippen molar-refractivity contribution in [3.63, 3.8) is 0 Å². The van der Waals surface area contributed by atoms with Gasteiger partial charge in [0.25, 0.3) is 0 Å². The number of nitrogens with zero attached hydrogens (tertiary/aromatic N) is 1. The highest BCUT2D eigenvalue weighted by Crippen LogP contribution is 2.16. The predicted molar refractivity (Wildman–Crippen MR) is 76.7 cm³/mol. The molecule has 0 saturated heterocycles. The van der Waals surface area contributed by atoms with Crippen molar-refractivity contribution in [1.82, 2.24) is 5.32 Å². The molecule has 1 heterocycles. The highest BCUT2D eigenvalue weighted by Gasteiger charge is 2.09. The lowest BCUT2D eigenvalue weighted by molar-refractivity contribution is 0.185. The summed E-state index contributed by atoms with van der Waals surface area (Å²) in [4.78, 5) is 1.23. The second kappa shape index (κ2) is 7.05. The van der Waals surface area contributed by atoms with Crippen LogP contribution in [-0.4, -0.2) is 7.11 Å². The summed E-state index contributed by atoms with van der Waals surface area (Å²) in [6, 6.07) is 14.0. The molecular formula is C15H16N2OS. The van der Waals surface area contributed by atoms with E-state index in [4.69, 9.17) is 4.74 Å². The number of nitriles is 1. The summed E-state index contributed by atoms with van der Waals surface area (Å²) < 4.78 is 5.07. The normalized spacial score (nSPS) is 12.0. The van der Waals surface area contributed by atoms with Crippen molar-refractivity contribution in [2.24, 2.45) is 0 Å². The van der Waals surface area contributed by atoms with Gasteiger partial charge in [-0.15, -0.1) is 11.3 Å². The standard InChI is InChI=1S/C15H16N2OS/c1-18-11-12-4-6-13(7-5-12)15(9-16)17-10-14-3-2-8-19-14/h2-8,15,17H,10-11H2,1H3. The zero-order chi connectivity index (χ0) is 13.5. The van der Waals surface area contributed by atoms with Crippen LogP contribution in [0.15, 0.2) is 41.8 Å². The summed E-state index contributed by atoms with van der Waals surface area (Å²) in [5, 5.41) is 14.5. The molecule has 3 nitrogen and oxygen atoms in total. The fraction of sp³-hybridized carbons (Fsp3) is 0.267. The lowest BCUT2D eigenvalue weighted by Gasteiger charge is -2.11. The number of nitrogens with one attached hydrogen (secondary N) is 1. The van der Waals surface area contributed by atoms with Gasteiger partial charge in [0.05, 0.1) is 12.7 Å². The average Bonchev–Trinajstić information content (AvgIpc) is 2.95. The van der Waals surface area contributed by atoms with Gasteiger partial charge >= 0.3 is 0 Å². The minimum Gasteiger partial charge on any atom is -0.380 e. The lowest BCUT2D eigenvalue weighted by Crippen LogP contribution is -2.18. The summed E-state index contributed by atoms with van der Waals surface area (Å²) in [5.41, 5.74) is 2.10. The Kier molecular flexibility index (Phi) is 5.10. The predicted octanol–water partition coefficient (Wildman–Crippen LogP) is 3.25. The number of hydrogen-bond donors (Lipinski definition) is 1. The van der Waals surface area contributed by atoms with Crippen LogP contribution in [0.5, 0.6) is 0 Å². The molecular weight excluding hydrogens is 256 g/mol. The van der Waals surface area contributed by atoms with E-state index < -0.39 is 0 Å². The Morgan fingerprint density at radius 1 is 1.32 bits per heavy atom. The van der Waals surface area contributed by atoms with E-state index in [0.29, 0.717) is 6.61 Å². The summed E-state index contributed by atoms with van der Waals surface area (Å²) in [6.07, 6.45) is 0. The van der Waals surface area contributed by atoms with Gasteiger partial charge in [0.2, 0.25) is 0 Å². The largest absolute Gasteiger partial charge is 0.380 e. The molecule has 2 rings (SSSR count). The lowest BCUT2D eigenvalue weighted by atomic mass is 10.1. The highest BCUT2D eigenvalue weighted by atomic mass is 32.1. The van der Waals surface area contributed by atoms with Gasteiger partial charge in [-0.3, -0.25) is 5.32 Å². The maximum atomic E-state index is 9.25. The molecule has 0 bridgehead atoms. The van der Waals surface area contributed by atoms with Crippen molar-refractivity contribution in [1.29, 1.82) is 5.26 Å². The molecule has 0 aliphatic carbocycles. The van der Waals surface area contributed by atoms with Gasteiger partial charge in [0, 0.05) is 18.5 Å². The molecule has 1 aromatic carbocycles. The van der Waals surface area contributed by atoms with Crippen LogP contribution in [-0.2, 0) is 17.9 Å². The molecule has 0 aliphatic rings. The van der Waals surface area contributed by atoms with Crippen LogP contribution in [0.25, 0.3) is 0 Å². The van der Waals surface area contributed by atoms with Crippen LogP contribution in [0.4, 0.5) is 0 Å². The van der Waals surface area contributed by atoms with Crippen LogP contribution in [0.1, 0.15) is 22.0 Å². The van der Waals surface area contributed by atoms with Crippen molar-refractivity contribution < 1.29 is 4.74 Å². The monoisotopic (exact) mass is 272 g/mol. The Balaban J connectivity index is 1.99. The van der Waals surface area contributed by atoms with E-state index in [-0.39, 0.29) is 6.04 Å². The van der Waals surface area contributed by atoms with Crippen LogP contribution < -0.4 is 5.32 Å². The second-order valence-electron chi connectivity index (χ2n) is 4.20. The third-order valence-corrected chi connectivity index (χ3v) is 3.69. The van der Waals surface area contributed by atoms with E-state index in [1.165, 1.54) is 4.88 Å². The van der Waals surface area contributed by atoms with E-state index in [2.05, 4.69) is 17.5 Å². The molecule has 98 valence electrons. The van der Waals surface area contributed by atoms with Gasteiger partial charge < -0.3 is 4.74 Å². The maximum absolute atomic E-state index is 9.25.